The molecule has 0 aliphatic rings. The van der Waals surface area contributed by atoms with Gasteiger partial charge in [-0.2, -0.15) is 0 Å². The summed E-state index contributed by atoms with van der Waals surface area (Å²) >= 11 is 1.31. The minimum Gasteiger partial charge on any atom is -0.870 e. The third-order valence-corrected chi connectivity index (χ3v) is 4.00. The first-order valence-electron chi connectivity index (χ1n) is 6.89. The van der Waals surface area contributed by atoms with Gasteiger partial charge in [0.1, 0.15) is 4.75 Å². The summed E-state index contributed by atoms with van der Waals surface area (Å²) in [5, 5.41) is 0. The normalized spacial score (nSPS) is 13.2. The van der Waals surface area contributed by atoms with Crippen LogP contribution in [0, 0.1) is 5.92 Å². The van der Waals surface area contributed by atoms with Crippen molar-refractivity contribution in [2.75, 3.05) is 0 Å². The number of benzene rings is 1. The highest BCUT2D eigenvalue weighted by atomic mass is 32.2. The Labute approximate surface area is 122 Å². The van der Waals surface area contributed by atoms with Crippen LogP contribution >= 0.6 is 0 Å². The summed E-state index contributed by atoms with van der Waals surface area (Å²) in [5.41, 5.74) is 2.84. The second kappa shape index (κ2) is 7.93. The van der Waals surface area contributed by atoms with Crippen LogP contribution in [0.4, 0.5) is 0 Å². The fraction of sp³-hybridized carbons (Fsp3) is 0.625. The summed E-state index contributed by atoms with van der Waals surface area (Å²) in [6, 6.07) is 9.42. The average Bonchev–Trinajstić information content (AvgIpc) is 2.27. The number of aryl methyl sites for hydroxylation is 1. The molecule has 0 unspecified atom stereocenters. The van der Waals surface area contributed by atoms with Crippen molar-refractivity contribution < 1.29 is 5.48 Å². The minimum absolute atomic E-state index is 0. The molecule has 0 aromatic heterocycles. The Morgan fingerprint density at radius 1 is 1.21 bits per heavy atom. The lowest BCUT2D eigenvalue weighted by Crippen LogP contribution is -2.33. The number of rotatable bonds is 5. The van der Waals surface area contributed by atoms with Crippen LogP contribution in [0.15, 0.2) is 24.3 Å². The zero-order chi connectivity index (χ0) is 13.8. The highest BCUT2D eigenvalue weighted by molar-refractivity contribution is 7.77. The SMILES string of the molecule is CCc1cccc([C@H](N[SH+]C(C)(C)C)C(C)C)c1.[OH-]. The molecule has 1 aromatic carbocycles. The molecule has 1 aromatic rings. The molecule has 0 saturated heterocycles. The molecule has 0 aliphatic carbocycles. The van der Waals surface area contributed by atoms with Crippen LogP contribution in [0.5, 0.6) is 0 Å². The molecule has 0 spiro atoms. The van der Waals surface area contributed by atoms with Gasteiger partial charge in [-0.15, -0.1) is 4.72 Å². The molecule has 0 amide bonds. The van der Waals surface area contributed by atoms with E-state index in [9.17, 15) is 0 Å². The van der Waals surface area contributed by atoms with Crippen molar-refractivity contribution in [3.8, 4) is 0 Å². The molecule has 3 heteroatoms. The molecule has 0 radical (unpaired) electrons. The first kappa shape index (κ1) is 18.5. The largest absolute Gasteiger partial charge is 0.870 e. The fourth-order valence-corrected chi connectivity index (χ4v) is 2.85. The summed E-state index contributed by atoms with van der Waals surface area (Å²) in [4.78, 5) is 0. The Hall–Kier alpha value is -0.510. The van der Waals surface area contributed by atoms with Crippen molar-refractivity contribution in [1.29, 1.82) is 0 Å². The van der Waals surface area contributed by atoms with Gasteiger partial charge in [0.05, 0.1) is 18.0 Å². The van der Waals surface area contributed by atoms with Gasteiger partial charge in [0.2, 0.25) is 0 Å². The van der Waals surface area contributed by atoms with E-state index in [1.807, 2.05) is 0 Å². The molecule has 0 heterocycles. The maximum atomic E-state index is 3.70. The summed E-state index contributed by atoms with van der Waals surface area (Å²) in [6.45, 7) is 13.6. The average molecular weight is 283 g/mol. The molecule has 1 atom stereocenters. The fourth-order valence-electron chi connectivity index (χ4n) is 1.88. The maximum Gasteiger partial charge on any atom is 0.136 e. The van der Waals surface area contributed by atoms with Crippen LogP contribution in [0.2, 0.25) is 0 Å². The van der Waals surface area contributed by atoms with Crippen molar-refractivity contribution in [3.05, 3.63) is 35.4 Å². The van der Waals surface area contributed by atoms with E-state index in [1.165, 1.54) is 23.1 Å². The topological polar surface area (TPSA) is 42.0 Å². The third kappa shape index (κ3) is 6.46. The minimum atomic E-state index is 0. The number of hydrogen-bond acceptors (Lipinski definition) is 2. The predicted molar refractivity (Wildman–Crippen MR) is 87.0 cm³/mol. The zero-order valence-electron chi connectivity index (χ0n) is 13.1. The Morgan fingerprint density at radius 3 is 2.32 bits per heavy atom. The van der Waals surface area contributed by atoms with Crippen LogP contribution in [-0.4, -0.2) is 10.2 Å². The van der Waals surface area contributed by atoms with Crippen LogP contribution < -0.4 is 4.72 Å². The molecule has 0 fully saturated rings. The third-order valence-electron chi connectivity index (χ3n) is 2.92. The van der Waals surface area contributed by atoms with Crippen molar-refractivity contribution in [3.63, 3.8) is 0 Å². The summed E-state index contributed by atoms with van der Waals surface area (Å²) in [6.07, 6.45) is 1.11. The molecule has 110 valence electrons. The molecule has 2 N–H and O–H groups in total. The second-order valence-corrected chi connectivity index (χ2v) is 8.06. The van der Waals surface area contributed by atoms with Gasteiger partial charge in [-0.25, -0.2) is 0 Å². The molecular weight excluding hydrogens is 254 g/mol. The van der Waals surface area contributed by atoms with Crippen molar-refractivity contribution in [2.45, 2.75) is 58.8 Å². The van der Waals surface area contributed by atoms with Gasteiger partial charge >= 0.3 is 0 Å². The summed E-state index contributed by atoms with van der Waals surface area (Å²) < 4.78 is 4.00. The van der Waals surface area contributed by atoms with E-state index in [4.69, 9.17) is 0 Å². The van der Waals surface area contributed by atoms with Gasteiger partial charge in [0.15, 0.2) is 0 Å². The summed E-state index contributed by atoms with van der Waals surface area (Å²) in [5.74, 6) is 0.604. The molecule has 1 rings (SSSR count). The monoisotopic (exact) mass is 283 g/mol. The molecule has 0 saturated carbocycles. The lowest BCUT2D eigenvalue weighted by atomic mass is 9.95. The summed E-state index contributed by atoms with van der Waals surface area (Å²) in [7, 11) is 0. The molecular formula is C16H29NOS. The Bertz CT molecular complexity index is 371. The van der Waals surface area contributed by atoms with E-state index in [0.717, 1.165) is 6.42 Å². The predicted octanol–water partition coefficient (Wildman–Crippen LogP) is 3.89. The maximum absolute atomic E-state index is 3.70. The van der Waals surface area contributed by atoms with E-state index in [0.29, 0.717) is 16.7 Å². The molecule has 0 aliphatic heterocycles. The van der Waals surface area contributed by atoms with E-state index in [-0.39, 0.29) is 5.48 Å². The highest BCUT2D eigenvalue weighted by Crippen LogP contribution is 2.24. The Balaban J connectivity index is 0.00000324. The first-order chi connectivity index (χ1) is 8.33. The van der Waals surface area contributed by atoms with E-state index in [1.54, 1.807) is 0 Å². The van der Waals surface area contributed by atoms with E-state index >= 15 is 0 Å². The van der Waals surface area contributed by atoms with Crippen LogP contribution in [-0.2, 0) is 18.4 Å². The molecule has 0 bridgehead atoms. The van der Waals surface area contributed by atoms with Crippen LogP contribution in [0.25, 0.3) is 0 Å². The standard InChI is InChI=1S/C16H27NS.H2O/c1-7-13-9-8-10-14(11-13)15(12(2)3)17-18-16(4,5)6;/h8-12,15,17H,7H2,1-6H3;1H2/t15-;/m1./s1. The Morgan fingerprint density at radius 2 is 1.84 bits per heavy atom. The van der Waals surface area contributed by atoms with Crippen molar-refractivity contribution in [1.82, 2.24) is 4.72 Å². The molecule has 19 heavy (non-hydrogen) atoms. The molecule has 2 nitrogen and oxygen atoms in total. The van der Waals surface area contributed by atoms with Gasteiger partial charge < -0.3 is 5.48 Å². The van der Waals surface area contributed by atoms with E-state index < -0.39 is 0 Å². The van der Waals surface area contributed by atoms with Gasteiger partial charge in [-0.3, -0.25) is 0 Å². The highest BCUT2D eigenvalue weighted by Gasteiger charge is 2.25. The number of nitrogens with one attached hydrogen (secondary N) is 1. The zero-order valence-corrected chi connectivity index (χ0v) is 14.0. The van der Waals surface area contributed by atoms with Crippen molar-refractivity contribution >= 4 is 11.9 Å². The lowest BCUT2D eigenvalue weighted by Gasteiger charge is -2.22. The van der Waals surface area contributed by atoms with Gasteiger partial charge in [0.25, 0.3) is 0 Å². The quantitative estimate of drug-likeness (QED) is 0.658. The van der Waals surface area contributed by atoms with Gasteiger partial charge in [0, 0.05) is 0 Å². The van der Waals surface area contributed by atoms with Crippen molar-refractivity contribution in [2.24, 2.45) is 5.92 Å². The Kier molecular flexibility index (Phi) is 7.72. The van der Waals surface area contributed by atoms with Gasteiger partial charge in [-0.05, 0) is 44.2 Å². The van der Waals surface area contributed by atoms with Crippen LogP contribution in [0.3, 0.4) is 0 Å². The smallest absolute Gasteiger partial charge is 0.136 e. The van der Waals surface area contributed by atoms with Gasteiger partial charge in [-0.1, -0.05) is 45.0 Å². The van der Waals surface area contributed by atoms with Crippen LogP contribution in [0.1, 0.15) is 58.7 Å². The first-order valence-corrected chi connectivity index (χ1v) is 7.79. The number of hydrogen-bond donors (Lipinski definition) is 1. The lowest BCUT2D eigenvalue weighted by molar-refractivity contribution is 0.483. The second-order valence-electron chi connectivity index (χ2n) is 6.23. The number of thiol groups is 1. The van der Waals surface area contributed by atoms with E-state index in [2.05, 4.69) is 70.5 Å².